The van der Waals surface area contributed by atoms with Crippen molar-refractivity contribution >= 4 is 11.6 Å². The highest BCUT2D eigenvalue weighted by atomic mass is 35.5. The molecule has 0 aliphatic carbocycles. The molecule has 1 aromatic rings. The molecule has 1 aromatic carbocycles. The van der Waals surface area contributed by atoms with E-state index in [2.05, 4.69) is 4.90 Å². The number of halogens is 1. The number of nitrogens with zero attached hydrogens (tertiary/aromatic N) is 1. The molecule has 0 radical (unpaired) electrons. The van der Waals surface area contributed by atoms with Gasteiger partial charge in [-0.1, -0.05) is 11.6 Å². The van der Waals surface area contributed by atoms with Crippen molar-refractivity contribution in [2.24, 2.45) is 11.7 Å². The quantitative estimate of drug-likeness (QED) is 0.870. The monoisotopic (exact) mass is 254 g/mol. The molecule has 0 unspecified atom stereocenters. The van der Waals surface area contributed by atoms with Crippen molar-refractivity contribution in [3.8, 4) is 5.75 Å². The Morgan fingerprint density at radius 3 is 3.06 bits per heavy atom. The Bertz CT molecular complexity index is 384. The van der Waals surface area contributed by atoms with Crippen LogP contribution in [-0.2, 0) is 6.54 Å². The Morgan fingerprint density at radius 2 is 2.29 bits per heavy atom. The third kappa shape index (κ3) is 3.35. The number of hydrogen-bond acceptors (Lipinski definition) is 3. The minimum Gasteiger partial charge on any atom is -0.508 e. The van der Waals surface area contributed by atoms with E-state index in [1.807, 2.05) is 6.07 Å². The summed E-state index contributed by atoms with van der Waals surface area (Å²) in [5.41, 5.74) is 6.61. The zero-order valence-electron chi connectivity index (χ0n) is 9.90. The fraction of sp³-hybridized carbons (Fsp3) is 0.538. The standard InChI is InChI=1S/C13H19ClN2O/c14-12-3-4-13(17)11(6-12)9-16-5-1-2-10(7-15)8-16/h3-4,6,10,17H,1-2,5,7-9,15H2/t10-/m0/s1. The maximum Gasteiger partial charge on any atom is 0.120 e. The summed E-state index contributed by atoms with van der Waals surface area (Å²) in [5, 5.41) is 10.5. The Labute approximate surface area is 107 Å². The molecule has 1 atom stereocenters. The molecule has 0 spiro atoms. The Balaban J connectivity index is 2.02. The Morgan fingerprint density at radius 1 is 1.47 bits per heavy atom. The number of nitrogens with two attached hydrogens (primary N) is 1. The number of benzene rings is 1. The molecule has 0 amide bonds. The minimum absolute atomic E-state index is 0.323. The second kappa shape index (κ2) is 5.71. The van der Waals surface area contributed by atoms with Gasteiger partial charge in [0.2, 0.25) is 0 Å². The average molecular weight is 255 g/mol. The summed E-state index contributed by atoms with van der Waals surface area (Å²) in [4.78, 5) is 2.34. The van der Waals surface area contributed by atoms with Crippen molar-refractivity contribution in [3.05, 3.63) is 28.8 Å². The lowest BCUT2D eigenvalue weighted by atomic mass is 9.98. The highest BCUT2D eigenvalue weighted by Crippen LogP contribution is 2.25. The van der Waals surface area contributed by atoms with Crippen LogP contribution in [-0.4, -0.2) is 29.6 Å². The molecule has 0 saturated carbocycles. The third-order valence-corrected chi connectivity index (χ3v) is 3.61. The molecular formula is C13H19ClN2O. The molecule has 4 heteroatoms. The van der Waals surface area contributed by atoms with Gasteiger partial charge in [0.25, 0.3) is 0 Å². The van der Waals surface area contributed by atoms with E-state index in [4.69, 9.17) is 17.3 Å². The summed E-state index contributed by atoms with van der Waals surface area (Å²) < 4.78 is 0. The molecule has 3 N–H and O–H groups in total. The van der Waals surface area contributed by atoms with Crippen LogP contribution in [0.15, 0.2) is 18.2 Å². The molecule has 1 aliphatic rings. The molecule has 2 rings (SSSR count). The topological polar surface area (TPSA) is 49.5 Å². The maximum absolute atomic E-state index is 9.78. The minimum atomic E-state index is 0.323. The normalized spacial score (nSPS) is 21.6. The first-order valence-corrected chi connectivity index (χ1v) is 6.46. The number of aromatic hydroxyl groups is 1. The van der Waals surface area contributed by atoms with Crippen LogP contribution in [0.3, 0.4) is 0 Å². The third-order valence-electron chi connectivity index (χ3n) is 3.37. The summed E-state index contributed by atoms with van der Waals surface area (Å²) in [5.74, 6) is 0.911. The first kappa shape index (κ1) is 12.7. The van der Waals surface area contributed by atoms with Crippen molar-refractivity contribution < 1.29 is 5.11 Å². The number of likely N-dealkylation sites (tertiary alicyclic amines) is 1. The van der Waals surface area contributed by atoms with Crippen molar-refractivity contribution in [2.75, 3.05) is 19.6 Å². The van der Waals surface area contributed by atoms with E-state index in [0.29, 0.717) is 16.7 Å². The summed E-state index contributed by atoms with van der Waals surface area (Å²) in [7, 11) is 0. The fourth-order valence-electron chi connectivity index (χ4n) is 2.41. The van der Waals surface area contributed by atoms with Crippen LogP contribution in [0.5, 0.6) is 5.75 Å². The van der Waals surface area contributed by atoms with Gasteiger partial charge in [-0.15, -0.1) is 0 Å². The Kier molecular flexibility index (Phi) is 4.26. The lowest BCUT2D eigenvalue weighted by molar-refractivity contribution is 0.169. The average Bonchev–Trinajstić information content (AvgIpc) is 2.34. The number of piperidine rings is 1. The lowest BCUT2D eigenvalue weighted by Crippen LogP contribution is -2.37. The van der Waals surface area contributed by atoms with Crippen LogP contribution in [0.1, 0.15) is 18.4 Å². The number of hydrogen-bond donors (Lipinski definition) is 2. The summed E-state index contributed by atoms with van der Waals surface area (Å²) in [6, 6.07) is 5.20. The second-order valence-electron chi connectivity index (χ2n) is 4.75. The van der Waals surface area contributed by atoms with Gasteiger partial charge in [-0.25, -0.2) is 0 Å². The predicted octanol–water partition coefficient (Wildman–Crippen LogP) is 2.22. The molecule has 0 aromatic heterocycles. The van der Waals surface area contributed by atoms with E-state index < -0.39 is 0 Å². The molecule has 94 valence electrons. The van der Waals surface area contributed by atoms with E-state index in [-0.39, 0.29) is 0 Å². The summed E-state index contributed by atoms with van der Waals surface area (Å²) in [6.45, 7) is 3.59. The van der Waals surface area contributed by atoms with Gasteiger partial charge in [0.05, 0.1) is 0 Å². The smallest absolute Gasteiger partial charge is 0.120 e. The van der Waals surface area contributed by atoms with E-state index >= 15 is 0 Å². The zero-order valence-corrected chi connectivity index (χ0v) is 10.7. The first-order valence-electron chi connectivity index (χ1n) is 6.09. The highest BCUT2D eigenvalue weighted by molar-refractivity contribution is 6.30. The van der Waals surface area contributed by atoms with E-state index in [9.17, 15) is 5.11 Å². The number of phenolic OH excluding ortho intramolecular Hbond substituents is 1. The van der Waals surface area contributed by atoms with Crippen LogP contribution in [0.4, 0.5) is 0 Å². The van der Waals surface area contributed by atoms with Crippen LogP contribution in [0, 0.1) is 5.92 Å². The van der Waals surface area contributed by atoms with Gasteiger partial charge in [0.15, 0.2) is 0 Å². The van der Waals surface area contributed by atoms with Crippen molar-refractivity contribution in [1.29, 1.82) is 0 Å². The molecule has 1 aliphatic heterocycles. The van der Waals surface area contributed by atoms with Crippen LogP contribution < -0.4 is 5.73 Å². The summed E-state index contributed by atoms with van der Waals surface area (Å²) in [6.07, 6.45) is 2.40. The molecular weight excluding hydrogens is 236 g/mol. The van der Waals surface area contributed by atoms with Crippen LogP contribution in [0.25, 0.3) is 0 Å². The van der Waals surface area contributed by atoms with Gasteiger partial charge in [0, 0.05) is 23.7 Å². The number of phenols is 1. The van der Waals surface area contributed by atoms with Gasteiger partial charge in [-0.3, -0.25) is 4.90 Å². The van der Waals surface area contributed by atoms with Crippen LogP contribution in [0.2, 0.25) is 5.02 Å². The highest BCUT2D eigenvalue weighted by Gasteiger charge is 2.19. The second-order valence-corrected chi connectivity index (χ2v) is 5.19. The molecule has 0 bridgehead atoms. The van der Waals surface area contributed by atoms with Crippen LogP contribution >= 0.6 is 11.6 Å². The maximum atomic E-state index is 9.78. The molecule has 1 heterocycles. The van der Waals surface area contributed by atoms with E-state index in [1.165, 1.54) is 12.8 Å². The lowest BCUT2D eigenvalue weighted by Gasteiger charge is -2.32. The molecule has 17 heavy (non-hydrogen) atoms. The number of rotatable bonds is 3. The fourth-order valence-corrected chi connectivity index (χ4v) is 2.60. The molecule has 3 nitrogen and oxygen atoms in total. The van der Waals surface area contributed by atoms with Crippen molar-refractivity contribution in [1.82, 2.24) is 4.90 Å². The predicted molar refractivity (Wildman–Crippen MR) is 70.2 cm³/mol. The van der Waals surface area contributed by atoms with Gasteiger partial charge in [-0.05, 0) is 50.0 Å². The van der Waals surface area contributed by atoms with E-state index in [1.54, 1.807) is 12.1 Å². The summed E-state index contributed by atoms with van der Waals surface area (Å²) >= 11 is 5.94. The van der Waals surface area contributed by atoms with E-state index in [0.717, 1.165) is 31.7 Å². The van der Waals surface area contributed by atoms with Gasteiger partial charge >= 0.3 is 0 Å². The first-order chi connectivity index (χ1) is 8.19. The Hall–Kier alpha value is -0.770. The largest absolute Gasteiger partial charge is 0.508 e. The van der Waals surface area contributed by atoms with Gasteiger partial charge in [-0.2, -0.15) is 0 Å². The van der Waals surface area contributed by atoms with Crippen molar-refractivity contribution in [2.45, 2.75) is 19.4 Å². The molecule has 1 saturated heterocycles. The zero-order chi connectivity index (χ0) is 12.3. The van der Waals surface area contributed by atoms with Crippen molar-refractivity contribution in [3.63, 3.8) is 0 Å². The molecule has 1 fully saturated rings. The van der Waals surface area contributed by atoms with Gasteiger partial charge < -0.3 is 10.8 Å². The van der Waals surface area contributed by atoms with Gasteiger partial charge in [0.1, 0.15) is 5.75 Å². The SMILES string of the molecule is NC[C@@H]1CCCN(Cc2cc(Cl)ccc2O)C1.